The van der Waals surface area contributed by atoms with Gasteiger partial charge in [-0.05, 0) is 41.4 Å². The Morgan fingerprint density at radius 2 is 2.36 bits per heavy atom. The predicted molar refractivity (Wildman–Crippen MR) is 62.1 cm³/mol. The molecule has 0 N–H and O–H groups in total. The van der Waals surface area contributed by atoms with Crippen molar-refractivity contribution in [3.8, 4) is 0 Å². The summed E-state index contributed by atoms with van der Waals surface area (Å²) >= 11 is 4.76. The molecule has 1 aromatic heterocycles. The standard InChI is InChI=1S/C10H13BrO2S/c1-3-7(2)13-6-8(12)9-4-5-10(11)14-9/h4-5,7H,3,6H2,1-2H3. The van der Waals surface area contributed by atoms with Crippen molar-refractivity contribution >= 4 is 33.0 Å². The van der Waals surface area contributed by atoms with E-state index in [1.807, 2.05) is 26.0 Å². The van der Waals surface area contributed by atoms with E-state index in [1.54, 1.807) is 0 Å². The summed E-state index contributed by atoms with van der Waals surface area (Å²) in [4.78, 5) is 12.3. The van der Waals surface area contributed by atoms with Crippen LogP contribution < -0.4 is 0 Å². The van der Waals surface area contributed by atoms with Crippen molar-refractivity contribution in [3.05, 3.63) is 20.8 Å². The van der Waals surface area contributed by atoms with Crippen molar-refractivity contribution in [3.63, 3.8) is 0 Å². The molecule has 0 radical (unpaired) electrons. The van der Waals surface area contributed by atoms with Crippen molar-refractivity contribution in [2.75, 3.05) is 6.61 Å². The number of thiophene rings is 1. The average molecular weight is 277 g/mol. The highest BCUT2D eigenvalue weighted by molar-refractivity contribution is 9.11. The number of hydrogen-bond acceptors (Lipinski definition) is 3. The second kappa shape index (κ2) is 5.63. The van der Waals surface area contributed by atoms with Crippen molar-refractivity contribution in [1.82, 2.24) is 0 Å². The molecular weight excluding hydrogens is 264 g/mol. The number of hydrogen-bond donors (Lipinski definition) is 0. The van der Waals surface area contributed by atoms with Gasteiger partial charge in [0.05, 0.1) is 14.8 Å². The van der Waals surface area contributed by atoms with Gasteiger partial charge >= 0.3 is 0 Å². The van der Waals surface area contributed by atoms with Crippen molar-refractivity contribution in [1.29, 1.82) is 0 Å². The van der Waals surface area contributed by atoms with Gasteiger partial charge in [0.25, 0.3) is 0 Å². The Hall–Kier alpha value is -0.190. The molecule has 0 saturated heterocycles. The van der Waals surface area contributed by atoms with Crippen LogP contribution in [0.1, 0.15) is 29.9 Å². The zero-order valence-corrected chi connectivity index (χ0v) is 10.7. The second-order valence-corrected chi connectivity index (χ2v) is 5.52. The highest BCUT2D eigenvalue weighted by Gasteiger charge is 2.10. The van der Waals surface area contributed by atoms with Crippen LogP contribution in [0.5, 0.6) is 0 Å². The lowest BCUT2D eigenvalue weighted by Crippen LogP contribution is -2.14. The maximum atomic E-state index is 11.5. The number of rotatable bonds is 5. The summed E-state index contributed by atoms with van der Waals surface area (Å²) in [5.74, 6) is 0.0565. The number of ether oxygens (including phenoxy) is 1. The van der Waals surface area contributed by atoms with Crippen LogP contribution in [-0.4, -0.2) is 18.5 Å². The fourth-order valence-corrected chi connectivity index (χ4v) is 2.18. The molecule has 0 aliphatic carbocycles. The first-order valence-electron chi connectivity index (χ1n) is 4.53. The van der Waals surface area contributed by atoms with Crippen LogP contribution in [0.15, 0.2) is 15.9 Å². The Labute approximate surface area is 96.4 Å². The largest absolute Gasteiger partial charge is 0.370 e. The SMILES string of the molecule is CCC(C)OCC(=O)c1ccc(Br)s1. The zero-order valence-electron chi connectivity index (χ0n) is 8.25. The maximum absolute atomic E-state index is 11.5. The van der Waals surface area contributed by atoms with Gasteiger partial charge in [-0.2, -0.15) is 0 Å². The summed E-state index contributed by atoms with van der Waals surface area (Å²) in [7, 11) is 0. The molecule has 0 amide bonds. The number of halogens is 1. The highest BCUT2D eigenvalue weighted by atomic mass is 79.9. The molecule has 2 nitrogen and oxygen atoms in total. The van der Waals surface area contributed by atoms with Gasteiger partial charge in [0.1, 0.15) is 6.61 Å². The molecule has 1 heterocycles. The van der Waals surface area contributed by atoms with Crippen molar-refractivity contribution < 1.29 is 9.53 Å². The first-order valence-corrected chi connectivity index (χ1v) is 6.14. The number of carbonyl (C=O) groups is 1. The summed E-state index contributed by atoms with van der Waals surface area (Å²) in [5.41, 5.74) is 0. The number of carbonyl (C=O) groups excluding carboxylic acids is 1. The summed E-state index contributed by atoms with van der Waals surface area (Å²) < 4.78 is 6.33. The summed E-state index contributed by atoms with van der Waals surface area (Å²) in [6, 6.07) is 3.69. The first-order chi connectivity index (χ1) is 6.63. The van der Waals surface area contributed by atoms with Gasteiger partial charge in [-0.1, -0.05) is 6.92 Å². The normalized spacial score (nSPS) is 12.8. The highest BCUT2D eigenvalue weighted by Crippen LogP contribution is 2.22. The van der Waals surface area contributed by atoms with E-state index in [4.69, 9.17) is 4.74 Å². The second-order valence-electron chi connectivity index (χ2n) is 3.06. The van der Waals surface area contributed by atoms with Gasteiger partial charge in [-0.15, -0.1) is 11.3 Å². The van der Waals surface area contributed by atoms with E-state index in [0.29, 0.717) is 0 Å². The fraction of sp³-hybridized carbons (Fsp3) is 0.500. The summed E-state index contributed by atoms with van der Waals surface area (Å²) in [6.45, 7) is 4.19. The van der Waals surface area contributed by atoms with E-state index < -0.39 is 0 Å². The third kappa shape index (κ3) is 3.52. The minimum absolute atomic E-state index is 0.0565. The Kier molecular flexibility index (Phi) is 4.78. The molecular formula is C10H13BrO2S. The topological polar surface area (TPSA) is 26.3 Å². The minimum Gasteiger partial charge on any atom is -0.370 e. The van der Waals surface area contributed by atoms with E-state index in [2.05, 4.69) is 15.9 Å². The Morgan fingerprint density at radius 3 is 2.86 bits per heavy atom. The van der Waals surface area contributed by atoms with Gasteiger partial charge in [-0.3, -0.25) is 4.79 Å². The Bertz CT molecular complexity index is 309. The van der Waals surface area contributed by atoms with E-state index in [9.17, 15) is 4.79 Å². The van der Waals surface area contributed by atoms with E-state index >= 15 is 0 Å². The van der Waals surface area contributed by atoms with Crippen LogP contribution in [0.3, 0.4) is 0 Å². The lowest BCUT2D eigenvalue weighted by atomic mass is 10.3. The molecule has 1 unspecified atom stereocenters. The summed E-state index contributed by atoms with van der Waals surface area (Å²) in [5, 5.41) is 0. The zero-order chi connectivity index (χ0) is 10.6. The van der Waals surface area contributed by atoms with Crippen LogP contribution in [0.2, 0.25) is 0 Å². The fourth-order valence-electron chi connectivity index (χ4n) is 0.871. The van der Waals surface area contributed by atoms with Crippen LogP contribution in [0.25, 0.3) is 0 Å². The molecule has 0 saturated carbocycles. The van der Waals surface area contributed by atoms with Gasteiger partial charge in [0, 0.05) is 0 Å². The van der Waals surface area contributed by atoms with Gasteiger partial charge in [-0.25, -0.2) is 0 Å². The molecule has 0 aliphatic heterocycles. The third-order valence-electron chi connectivity index (χ3n) is 1.92. The van der Waals surface area contributed by atoms with Gasteiger partial charge in [0.15, 0.2) is 5.78 Å². The van der Waals surface area contributed by atoms with Gasteiger partial charge < -0.3 is 4.74 Å². The Morgan fingerprint density at radius 1 is 1.64 bits per heavy atom. The molecule has 1 atom stereocenters. The molecule has 1 aromatic rings. The average Bonchev–Trinajstić information content (AvgIpc) is 2.60. The smallest absolute Gasteiger partial charge is 0.198 e. The van der Waals surface area contributed by atoms with Crippen LogP contribution >= 0.6 is 27.3 Å². The molecule has 0 fully saturated rings. The van der Waals surface area contributed by atoms with Crippen LogP contribution in [0, 0.1) is 0 Å². The predicted octanol–water partition coefficient (Wildman–Crippen LogP) is 3.51. The van der Waals surface area contributed by atoms with E-state index in [1.165, 1.54) is 11.3 Å². The molecule has 0 aliphatic rings. The monoisotopic (exact) mass is 276 g/mol. The summed E-state index contributed by atoms with van der Waals surface area (Å²) in [6.07, 6.45) is 1.09. The number of Topliss-reactive ketones (excluding diaryl/α,β-unsaturated/α-hetero) is 1. The molecule has 0 aromatic carbocycles. The third-order valence-corrected chi connectivity index (χ3v) is 3.59. The lowest BCUT2D eigenvalue weighted by molar-refractivity contribution is 0.0514. The quantitative estimate of drug-likeness (QED) is 0.770. The van der Waals surface area contributed by atoms with Gasteiger partial charge in [0.2, 0.25) is 0 Å². The van der Waals surface area contributed by atoms with E-state index in [0.717, 1.165) is 15.1 Å². The lowest BCUT2D eigenvalue weighted by Gasteiger charge is -2.08. The molecule has 4 heteroatoms. The molecule has 78 valence electrons. The van der Waals surface area contributed by atoms with Crippen molar-refractivity contribution in [2.45, 2.75) is 26.4 Å². The van der Waals surface area contributed by atoms with Crippen LogP contribution in [0.4, 0.5) is 0 Å². The first kappa shape index (κ1) is 11.9. The molecule has 14 heavy (non-hydrogen) atoms. The Balaban J connectivity index is 2.43. The van der Waals surface area contributed by atoms with Crippen molar-refractivity contribution in [2.24, 2.45) is 0 Å². The molecule has 0 spiro atoms. The minimum atomic E-state index is 0.0565. The molecule has 0 bridgehead atoms. The van der Waals surface area contributed by atoms with E-state index in [-0.39, 0.29) is 18.5 Å². The molecule has 1 rings (SSSR count). The number of ketones is 1. The maximum Gasteiger partial charge on any atom is 0.198 e. The van der Waals surface area contributed by atoms with Crippen LogP contribution in [-0.2, 0) is 4.74 Å².